The molecule has 5 aromatic rings. The minimum Gasteiger partial charge on any atom is -0.337 e. The highest BCUT2D eigenvalue weighted by molar-refractivity contribution is 5.95. The van der Waals surface area contributed by atoms with E-state index in [1.165, 1.54) is 50.2 Å². The van der Waals surface area contributed by atoms with Gasteiger partial charge >= 0.3 is 0 Å². The molecule has 0 bridgehead atoms. The van der Waals surface area contributed by atoms with Crippen LogP contribution >= 0.6 is 0 Å². The van der Waals surface area contributed by atoms with Gasteiger partial charge in [-0.1, -0.05) is 142 Å². The van der Waals surface area contributed by atoms with Gasteiger partial charge in [0.05, 0.1) is 11.1 Å². The molecule has 1 aliphatic heterocycles. The Balaban J connectivity index is 0.00000190. The summed E-state index contributed by atoms with van der Waals surface area (Å²) in [4.78, 5) is 7.38. The van der Waals surface area contributed by atoms with Gasteiger partial charge in [0.25, 0.3) is 0 Å². The van der Waals surface area contributed by atoms with Crippen molar-refractivity contribution >= 4 is 5.69 Å². The number of hydrogen-bond acceptors (Lipinski definition) is 2. The lowest BCUT2D eigenvalue weighted by atomic mass is 9.69. The summed E-state index contributed by atoms with van der Waals surface area (Å²) in [6.45, 7) is 10.8. The van der Waals surface area contributed by atoms with Crippen molar-refractivity contribution in [3.05, 3.63) is 204 Å². The first-order chi connectivity index (χ1) is 23.3. The Bertz CT molecular complexity index is 1940. The topological polar surface area (TPSA) is 16.1 Å². The van der Waals surface area contributed by atoms with Crippen molar-refractivity contribution in [2.45, 2.75) is 32.6 Å². The number of hydrogen-bond donors (Lipinski definition) is 0. The molecule has 0 N–H and O–H groups in total. The molecular formula is C45H42N2. The lowest BCUT2D eigenvalue weighted by molar-refractivity contribution is 0.735. The average molecular weight is 611 g/mol. The number of anilines is 1. The standard InChI is InChI=1S/C43H36N2.C2H6/c1-3-17-35(18-4-2)45-30-15-6-5-8-19-33-31-32(27-28-40(33)45)36-23-16-25-39-42(36)37-22-11-12-24-38(37)43(39,34-20-9-7-10-21-34)41-26-13-14-29-44-41;1-2/h3-18,20-29,31H,1,19,30H2,2H3;1-2H3/b8-5-,15-6-,18-4-,35-17+;. The van der Waals surface area contributed by atoms with Gasteiger partial charge in [0, 0.05) is 24.1 Å². The summed E-state index contributed by atoms with van der Waals surface area (Å²) in [6, 6.07) is 39.8. The van der Waals surface area contributed by atoms with Crippen molar-refractivity contribution in [3.63, 3.8) is 0 Å². The molecular weight excluding hydrogens is 569 g/mol. The van der Waals surface area contributed by atoms with Crippen LogP contribution in [0.3, 0.4) is 0 Å². The van der Waals surface area contributed by atoms with E-state index in [4.69, 9.17) is 4.98 Å². The zero-order valence-electron chi connectivity index (χ0n) is 27.6. The van der Waals surface area contributed by atoms with Crippen molar-refractivity contribution in [2.24, 2.45) is 0 Å². The van der Waals surface area contributed by atoms with Gasteiger partial charge in [-0.3, -0.25) is 4.98 Å². The predicted octanol–water partition coefficient (Wildman–Crippen LogP) is 11.3. The molecule has 2 nitrogen and oxygen atoms in total. The zero-order chi connectivity index (χ0) is 32.6. The third-order valence-corrected chi connectivity index (χ3v) is 8.95. The van der Waals surface area contributed by atoms with Crippen LogP contribution in [0.1, 0.15) is 48.7 Å². The maximum Gasteiger partial charge on any atom is 0.0886 e. The molecule has 1 unspecified atom stereocenters. The quantitative estimate of drug-likeness (QED) is 0.174. The van der Waals surface area contributed by atoms with Crippen LogP contribution in [-0.4, -0.2) is 11.5 Å². The third kappa shape index (κ3) is 5.61. The summed E-state index contributed by atoms with van der Waals surface area (Å²) < 4.78 is 0. The van der Waals surface area contributed by atoms with E-state index in [0.717, 1.165) is 24.4 Å². The minimum atomic E-state index is -0.520. The maximum absolute atomic E-state index is 5.01. The van der Waals surface area contributed by atoms with Crippen molar-refractivity contribution in [3.8, 4) is 22.3 Å². The first-order valence-electron chi connectivity index (χ1n) is 16.7. The van der Waals surface area contributed by atoms with E-state index < -0.39 is 5.41 Å². The van der Waals surface area contributed by atoms with Gasteiger partial charge in [0.1, 0.15) is 0 Å². The first-order valence-corrected chi connectivity index (χ1v) is 16.7. The van der Waals surface area contributed by atoms with Crippen LogP contribution in [0.2, 0.25) is 0 Å². The highest BCUT2D eigenvalue weighted by Crippen LogP contribution is 2.57. The molecule has 7 rings (SSSR count). The van der Waals surface area contributed by atoms with E-state index in [2.05, 4.69) is 164 Å². The third-order valence-electron chi connectivity index (χ3n) is 8.95. The Morgan fingerprint density at radius 1 is 0.787 bits per heavy atom. The molecule has 0 spiro atoms. The minimum absolute atomic E-state index is 0.520. The molecule has 0 amide bonds. The zero-order valence-corrected chi connectivity index (χ0v) is 27.6. The summed E-state index contributed by atoms with van der Waals surface area (Å²) in [7, 11) is 0. The van der Waals surface area contributed by atoms with Crippen LogP contribution in [0.4, 0.5) is 5.69 Å². The molecule has 0 radical (unpaired) electrons. The second kappa shape index (κ2) is 14.3. The number of allylic oxidation sites excluding steroid dienone is 7. The van der Waals surface area contributed by atoms with Crippen LogP contribution in [0.15, 0.2) is 176 Å². The molecule has 1 aromatic heterocycles. The molecule has 47 heavy (non-hydrogen) atoms. The summed E-state index contributed by atoms with van der Waals surface area (Å²) in [6.07, 6.45) is 19.7. The normalized spacial score (nSPS) is 18.0. The van der Waals surface area contributed by atoms with E-state index in [0.29, 0.717) is 0 Å². The lowest BCUT2D eigenvalue weighted by Gasteiger charge is -2.32. The van der Waals surface area contributed by atoms with E-state index in [-0.39, 0.29) is 0 Å². The van der Waals surface area contributed by atoms with Gasteiger partial charge in [0.15, 0.2) is 0 Å². The smallest absolute Gasteiger partial charge is 0.0886 e. The second-order valence-electron chi connectivity index (χ2n) is 11.4. The van der Waals surface area contributed by atoms with Crippen molar-refractivity contribution in [2.75, 3.05) is 11.4 Å². The molecule has 4 aromatic carbocycles. The van der Waals surface area contributed by atoms with Gasteiger partial charge < -0.3 is 4.90 Å². The van der Waals surface area contributed by atoms with Crippen molar-refractivity contribution < 1.29 is 0 Å². The molecule has 0 saturated heterocycles. The Hall–Kier alpha value is -5.47. The number of fused-ring (bicyclic) bond motifs is 4. The van der Waals surface area contributed by atoms with E-state index >= 15 is 0 Å². The van der Waals surface area contributed by atoms with Crippen LogP contribution in [0.5, 0.6) is 0 Å². The molecule has 1 aliphatic carbocycles. The first kappa shape index (κ1) is 31.5. The summed E-state index contributed by atoms with van der Waals surface area (Å²) in [5.74, 6) is 0. The lowest BCUT2D eigenvalue weighted by Crippen LogP contribution is -2.29. The Labute approximate surface area is 280 Å². The van der Waals surface area contributed by atoms with Gasteiger partial charge in [-0.15, -0.1) is 0 Å². The van der Waals surface area contributed by atoms with Gasteiger partial charge in [-0.25, -0.2) is 0 Å². The van der Waals surface area contributed by atoms with Crippen molar-refractivity contribution in [1.82, 2.24) is 4.98 Å². The fourth-order valence-corrected chi connectivity index (χ4v) is 7.14. The number of pyridine rings is 1. The molecule has 2 heteroatoms. The van der Waals surface area contributed by atoms with Gasteiger partial charge in [0.2, 0.25) is 0 Å². The second-order valence-corrected chi connectivity index (χ2v) is 11.4. The summed E-state index contributed by atoms with van der Waals surface area (Å²) in [5, 5.41) is 0. The molecule has 2 aliphatic rings. The van der Waals surface area contributed by atoms with Crippen LogP contribution in [0, 0.1) is 0 Å². The van der Waals surface area contributed by atoms with E-state index in [9.17, 15) is 0 Å². The predicted molar refractivity (Wildman–Crippen MR) is 201 cm³/mol. The van der Waals surface area contributed by atoms with Gasteiger partial charge in [-0.2, -0.15) is 0 Å². The highest BCUT2D eigenvalue weighted by Gasteiger charge is 2.47. The summed E-state index contributed by atoms with van der Waals surface area (Å²) >= 11 is 0. The monoisotopic (exact) mass is 610 g/mol. The Morgan fingerprint density at radius 3 is 2.32 bits per heavy atom. The number of aromatic nitrogens is 1. The van der Waals surface area contributed by atoms with E-state index in [1.807, 2.05) is 32.2 Å². The molecule has 2 heterocycles. The fourth-order valence-electron chi connectivity index (χ4n) is 7.14. The van der Waals surface area contributed by atoms with Crippen LogP contribution in [0.25, 0.3) is 22.3 Å². The number of benzene rings is 4. The van der Waals surface area contributed by atoms with Crippen LogP contribution in [-0.2, 0) is 11.8 Å². The summed E-state index contributed by atoms with van der Waals surface area (Å²) in [5.41, 5.74) is 12.9. The highest BCUT2D eigenvalue weighted by atomic mass is 15.1. The van der Waals surface area contributed by atoms with Gasteiger partial charge in [-0.05, 0) is 94.3 Å². The van der Waals surface area contributed by atoms with Crippen molar-refractivity contribution in [1.29, 1.82) is 0 Å². The fraction of sp³-hybridized carbons (Fsp3) is 0.133. The average Bonchev–Trinajstić information content (AvgIpc) is 3.49. The molecule has 232 valence electrons. The Kier molecular flexibility index (Phi) is 9.59. The van der Waals surface area contributed by atoms with Crippen LogP contribution < -0.4 is 4.90 Å². The molecule has 0 fully saturated rings. The molecule has 0 saturated carbocycles. The number of rotatable bonds is 6. The Morgan fingerprint density at radius 2 is 1.53 bits per heavy atom. The molecule has 1 atom stereocenters. The maximum atomic E-state index is 5.01. The van der Waals surface area contributed by atoms with E-state index in [1.54, 1.807) is 0 Å². The number of nitrogens with zero attached hydrogens (tertiary/aromatic N) is 2. The largest absolute Gasteiger partial charge is 0.337 e. The SMILES string of the molecule is C=C/C=C(\C=C/C)N1C/C=C\C=C/Cc2cc(-c3cccc4c3-c3ccccc3C4(c3ccccc3)c3ccccn3)ccc21.CC.